The van der Waals surface area contributed by atoms with E-state index in [9.17, 15) is 0 Å². The fourth-order valence-corrected chi connectivity index (χ4v) is 20.2. The van der Waals surface area contributed by atoms with E-state index in [1.807, 2.05) is 11.3 Å². The third-order valence-corrected chi connectivity index (χ3v) is 24.4. The maximum Gasteiger partial charge on any atom is 0.252 e. The second-order valence-electron chi connectivity index (χ2n) is 32.6. The van der Waals surface area contributed by atoms with Crippen LogP contribution in [0.1, 0.15) is 219 Å². The summed E-state index contributed by atoms with van der Waals surface area (Å²) < 4.78 is 2.68. The fraction of sp³-hybridized carbons (Fsp3) is 0.455. The molecule has 5 heteroatoms. The van der Waals surface area contributed by atoms with Crippen molar-refractivity contribution in [3.05, 3.63) is 159 Å². The molecule has 82 heavy (non-hydrogen) atoms. The van der Waals surface area contributed by atoms with Crippen LogP contribution in [0.3, 0.4) is 0 Å². The number of hydrogen-bond acceptors (Lipinski definition) is 4. The zero-order chi connectivity index (χ0) is 57.8. The average Bonchev–Trinajstić information content (AvgIpc) is 1.26. The number of rotatable bonds is 3. The third kappa shape index (κ3) is 6.95. The number of thiophene rings is 1. The van der Waals surface area contributed by atoms with Crippen molar-refractivity contribution in [2.75, 3.05) is 14.7 Å². The third-order valence-electron chi connectivity index (χ3n) is 23.3. The molecular formula is C77H88BN3S. The number of nitrogens with zero attached hydrogens (tertiary/aromatic N) is 3. The molecule has 1 fully saturated rings. The maximum absolute atomic E-state index is 2.90. The molecule has 7 aliphatic rings. The zero-order valence-electron chi connectivity index (χ0n) is 52.9. The van der Waals surface area contributed by atoms with Crippen LogP contribution >= 0.6 is 11.3 Å². The Hall–Kier alpha value is -5.78. The van der Waals surface area contributed by atoms with Crippen molar-refractivity contribution in [1.29, 1.82) is 0 Å². The lowest BCUT2D eigenvalue weighted by atomic mass is 9.33. The minimum Gasteiger partial charge on any atom is -0.334 e. The molecule has 0 saturated heterocycles. The number of hydrogen-bond donors (Lipinski definition) is 0. The molecular weight excluding hydrogens is 1010 g/mol. The quantitative estimate of drug-likeness (QED) is 0.163. The molecule has 1 aromatic heterocycles. The Balaban J connectivity index is 1.13. The lowest BCUT2D eigenvalue weighted by Gasteiger charge is -2.51. The van der Waals surface area contributed by atoms with Gasteiger partial charge in [0.1, 0.15) is 0 Å². The van der Waals surface area contributed by atoms with Crippen LogP contribution in [-0.2, 0) is 43.3 Å². The van der Waals surface area contributed by atoms with Gasteiger partial charge in [-0.15, -0.1) is 11.3 Å². The molecule has 3 nitrogen and oxygen atoms in total. The van der Waals surface area contributed by atoms with Crippen molar-refractivity contribution in [2.24, 2.45) is 0 Å². The predicted octanol–water partition coefficient (Wildman–Crippen LogP) is 19.8. The smallest absolute Gasteiger partial charge is 0.252 e. The summed E-state index contributed by atoms with van der Waals surface area (Å²) >= 11 is 1.94. The van der Waals surface area contributed by atoms with Crippen LogP contribution in [0, 0.1) is 6.92 Å². The molecule has 0 spiro atoms. The summed E-state index contributed by atoms with van der Waals surface area (Å²) in [6, 6.07) is 45.7. The normalized spacial score (nSPS) is 24.2. The first-order valence-corrected chi connectivity index (χ1v) is 32.4. The van der Waals surface area contributed by atoms with Crippen LogP contribution in [0.2, 0.25) is 0 Å². The Kier molecular flexibility index (Phi) is 10.6. The highest BCUT2D eigenvalue weighted by atomic mass is 32.1. The summed E-state index contributed by atoms with van der Waals surface area (Å²) in [4.78, 5) is 8.56. The van der Waals surface area contributed by atoms with Crippen LogP contribution < -0.4 is 31.1 Å². The molecule has 420 valence electrons. The van der Waals surface area contributed by atoms with E-state index < -0.39 is 0 Å². The highest BCUT2D eigenvalue weighted by Crippen LogP contribution is 2.64. The van der Waals surface area contributed by atoms with Gasteiger partial charge in [0.05, 0.1) is 11.2 Å². The van der Waals surface area contributed by atoms with Gasteiger partial charge in [0.2, 0.25) is 0 Å². The van der Waals surface area contributed by atoms with E-state index in [0.717, 1.165) is 19.3 Å². The molecule has 4 aliphatic carbocycles. The highest BCUT2D eigenvalue weighted by molar-refractivity contribution is 7.26. The van der Waals surface area contributed by atoms with Gasteiger partial charge in [-0.3, -0.25) is 0 Å². The Morgan fingerprint density at radius 1 is 0.439 bits per heavy atom. The Morgan fingerprint density at radius 3 is 1.56 bits per heavy atom. The van der Waals surface area contributed by atoms with Crippen molar-refractivity contribution in [3.63, 3.8) is 0 Å². The average molecular weight is 1100 g/mol. The highest BCUT2D eigenvalue weighted by Gasteiger charge is 2.59. The van der Waals surface area contributed by atoms with Crippen LogP contribution in [0.4, 0.5) is 45.5 Å². The number of anilines is 8. The second kappa shape index (κ2) is 16.3. The van der Waals surface area contributed by atoms with Gasteiger partial charge in [-0.25, -0.2) is 0 Å². The molecule has 2 unspecified atom stereocenters. The second-order valence-corrected chi connectivity index (χ2v) is 33.7. The SMILES string of the molecule is Cc1cc2c(cc1N1c3cc4c(cc3B3c5cc6c(cc5N(c5cccc7sc8ccccc8c57)c5cc(N7c8ccc(C(C)(C)C)cc8C8(C)CCCCC78C)cc1c53)C(C)(C)CC6(C)C)C(C)(C)CCC4(C)C)C(C)(C)CC2(C)C. The zero-order valence-corrected chi connectivity index (χ0v) is 53.7. The van der Waals surface area contributed by atoms with Crippen molar-refractivity contribution in [1.82, 2.24) is 0 Å². The Labute approximate surface area is 496 Å². The maximum atomic E-state index is 2.90. The van der Waals surface area contributed by atoms with E-state index in [2.05, 4.69) is 249 Å². The summed E-state index contributed by atoms with van der Waals surface area (Å²) in [6.45, 7) is 45.1. The van der Waals surface area contributed by atoms with Gasteiger partial charge in [-0.05, 0) is 211 Å². The molecule has 4 heterocycles. The van der Waals surface area contributed by atoms with Crippen molar-refractivity contribution < 1.29 is 0 Å². The number of fused-ring (bicyclic) bond motifs is 13. The minimum atomic E-state index is -0.160. The summed E-state index contributed by atoms with van der Waals surface area (Å²) in [5.41, 5.74) is 28.4. The topological polar surface area (TPSA) is 9.72 Å². The molecule has 0 N–H and O–H groups in total. The number of aryl methyl sites for hydroxylation is 1. The standard InChI is InChI=1S/C77H88BN3S/c1-45-34-49-53(74(13,14)43-72(49,9)10)40-60(45)80-62-41-52-50(70(5,6)32-33-71(52,7)8)38-56(62)78-57-39-51-54(75(15,16)44-73(51,11)12)42-61(57)79(59-25-23-27-66-67(59)48-24-19-20-26-65(48)82-66)63-36-47(37-64(80)68(63)78)81-58-29-28-46(69(2,3)4)35-55(58)76(17)30-21-22-31-77(76,81)18/h19-20,23-29,34-42H,21-22,30-33,43-44H2,1-18H3. The largest absolute Gasteiger partial charge is 0.334 e. The summed E-state index contributed by atoms with van der Waals surface area (Å²) in [7, 11) is 0. The molecule has 8 aromatic rings. The Morgan fingerprint density at radius 2 is 0.951 bits per heavy atom. The summed E-state index contributed by atoms with van der Waals surface area (Å²) in [5.74, 6) is 0. The van der Waals surface area contributed by atoms with Gasteiger partial charge < -0.3 is 14.7 Å². The molecule has 0 bridgehead atoms. The van der Waals surface area contributed by atoms with E-state index in [4.69, 9.17) is 0 Å². The van der Waals surface area contributed by atoms with E-state index >= 15 is 0 Å². The molecule has 1 saturated carbocycles. The Bertz CT molecular complexity index is 4130. The fourth-order valence-electron chi connectivity index (χ4n) is 19.1. The first-order chi connectivity index (χ1) is 38.4. The molecule has 0 radical (unpaired) electrons. The van der Waals surface area contributed by atoms with Gasteiger partial charge in [-0.2, -0.15) is 0 Å². The van der Waals surface area contributed by atoms with Crippen LogP contribution in [0.25, 0.3) is 20.2 Å². The van der Waals surface area contributed by atoms with Gasteiger partial charge >= 0.3 is 0 Å². The van der Waals surface area contributed by atoms with Crippen LogP contribution in [-0.4, -0.2) is 12.3 Å². The lowest BCUT2D eigenvalue weighted by Crippen LogP contribution is -2.62. The molecule has 2 atom stereocenters. The van der Waals surface area contributed by atoms with E-state index in [1.165, 1.54) is 164 Å². The van der Waals surface area contributed by atoms with Crippen molar-refractivity contribution >= 4 is 100 Å². The van der Waals surface area contributed by atoms with Gasteiger partial charge in [0, 0.05) is 65.4 Å². The molecule has 7 aromatic carbocycles. The summed E-state index contributed by atoms with van der Waals surface area (Å²) in [6.07, 6.45) is 9.39. The van der Waals surface area contributed by atoms with Gasteiger partial charge in [0.15, 0.2) is 0 Å². The van der Waals surface area contributed by atoms with Gasteiger partial charge in [-0.1, -0.05) is 178 Å². The monoisotopic (exact) mass is 1100 g/mol. The minimum absolute atomic E-state index is 0.00248. The van der Waals surface area contributed by atoms with Gasteiger partial charge in [0.25, 0.3) is 6.71 Å². The van der Waals surface area contributed by atoms with Crippen molar-refractivity contribution in [3.8, 4) is 0 Å². The number of benzene rings is 7. The molecule has 15 rings (SSSR count). The molecule has 0 amide bonds. The van der Waals surface area contributed by atoms with E-state index in [0.29, 0.717) is 0 Å². The van der Waals surface area contributed by atoms with Crippen molar-refractivity contribution in [2.45, 2.75) is 225 Å². The van der Waals surface area contributed by atoms with E-state index in [-0.39, 0.29) is 55.6 Å². The first kappa shape index (κ1) is 53.0. The predicted molar refractivity (Wildman–Crippen MR) is 356 cm³/mol. The molecule has 3 aliphatic heterocycles. The van der Waals surface area contributed by atoms with E-state index in [1.54, 1.807) is 0 Å². The summed E-state index contributed by atoms with van der Waals surface area (Å²) in [5, 5.41) is 2.69. The van der Waals surface area contributed by atoms with Crippen LogP contribution in [0.5, 0.6) is 0 Å². The van der Waals surface area contributed by atoms with Crippen LogP contribution in [0.15, 0.2) is 109 Å². The first-order valence-electron chi connectivity index (χ1n) is 31.5. The lowest BCUT2D eigenvalue weighted by molar-refractivity contribution is 0.195.